The minimum Gasteiger partial charge on any atom is -0.423 e. The second kappa shape index (κ2) is 7.36. The third-order valence-electron chi connectivity index (χ3n) is 3.43. The molecule has 0 unspecified atom stereocenters. The number of hydrogen-bond donors (Lipinski definition) is 2. The van der Waals surface area contributed by atoms with E-state index in [0.717, 1.165) is 36.6 Å². The van der Waals surface area contributed by atoms with Crippen LogP contribution in [-0.4, -0.2) is 33.6 Å². The summed E-state index contributed by atoms with van der Waals surface area (Å²) in [5.41, 5.74) is 3.66. The Morgan fingerprint density at radius 1 is 1.10 bits per heavy atom. The van der Waals surface area contributed by atoms with Crippen LogP contribution in [0.3, 0.4) is 0 Å². The third-order valence-corrected chi connectivity index (χ3v) is 3.43. The highest BCUT2D eigenvalue weighted by Crippen LogP contribution is 2.08. The summed E-state index contributed by atoms with van der Waals surface area (Å²) in [6.45, 7) is 6.55. The molecule has 0 radical (unpaired) electrons. The topological polar surface area (TPSA) is 56.6 Å². The number of hydrogen-bond acceptors (Lipinski definition) is 4. The zero-order chi connectivity index (χ0) is 15.2. The summed E-state index contributed by atoms with van der Waals surface area (Å²) < 4.78 is 0. The van der Waals surface area contributed by atoms with Gasteiger partial charge in [0.2, 0.25) is 0 Å². The van der Waals surface area contributed by atoms with E-state index < -0.39 is 7.12 Å². The van der Waals surface area contributed by atoms with Gasteiger partial charge in [-0.1, -0.05) is 37.3 Å². The van der Waals surface area contributed by atoms with E-state index in [4.69, 9.17) is 0 Å². The maximum Gasteiger partial charge on any atom is 0.488 e. The zero-order valence-electron chi connectivity index (χ0n) is 12.5. The van der Waals surface area contributed by atoms with Crippen LogP contribution in [0.25, 0.3) is 0 Å². The van der Waals surface area contributed by atoms with Crippen molar-refractivity contribution in [3.63, 3.8) is 0 Å². The number of nitrogens with zero attached hydrogens (tertiary/aromatic N) is 2. The molecule has 2 rings (SSSR count). The highest BCUT2D eigenvalue weighted by molar-refractivity contribution is 6.58. The van der Waals surface area contributed by atoms with E-state index in [-0.39, 0.29) is 0 Å². The van der Waals surface area contributed by atoms with Gasteiger partial charge >= 0.3 is 7.12 Å². The lowest BCUT2D eigenvalue weighted by molar-refractivity contribution is 0.268. The zero-order valence-corrected chi connectivity index (χ0v) is 12.5. The summed E-state index contributed by atoms with van der Waals surface area (Å²) in [5.74, 6) is 0. The molecule has 0 aliphatic carbocycles. The summed E-state index contributed by atoms with van der Waals surface area (Å²) in [6, 6.07) is 13.4. The van der Waals surface area contributed by atoms with Crippen LogP contribution < -0.4 is 5.46 Å². The molecule has 110 valence electrons. The van der Waals surface area contributed by atoms with E-state index in [1.54, 1.807) is 6.07 Å². The van der Waals surface area contributed by atoms with Gasteiger partial charge in [0, 0.05) is 18.8 Å². The first kappa shape index (κ1) is 15.7. The quantitative estimate of drug-likeness (QED) is 0.780. The van der Waals surface area contributed by atoms with E-state index >= 15 is 0 Å². The molecule has 0 atom stereocenters. The Balaban J connectivity index is 2.07. The molecule has 2 aromatic rings. The standard InChI is InChI=1S/C16H21BN2O2/c1-3-19(12-16-9-4-6-13(2)18-16)11-14-7-5-8-15(10-14)17(20)21/h4-10,20-21H,3,11-12H2,1-2H3. The molecule has 4 nitrogen and oxygen atoms in total. The van der Waals surface area contributed by atoms with Crippen LogP contribution in [0.2, 0.25) is 0 Å². The summed E-state index contributed by atoms with van der Waals surface area (Å²) in [5, 5.41) is 18.5. The first-order chi connectivity index (χ1) is 10.1. The largest absolute Gasteiger partial charge is 0.488 e. The van der Waals surface area contributed by atoms with Gasteiger partial charge in [-0.15, -0.1) is 0 Å². The van der Waals surface area contributed by atoms with Gasteiger partial charge in [0.15, 0.2) is 0 Å². The highest BCUT2D eigenvalue weighted by Gasteiger charge is 2.12. The van der Waals surface area contributed by atoms with Crippen molar-refractivity contribution in [2.45, 2.75) is 26.9 Å². The number of aryl methyl sites for hydroxylation is 1. The Kier molecular flexibility index (Phi) is 5.50. The lowest BCUT2D eigenvalue weighted by Gasteiger charge is -2.20. The van der Waals surface area contributed by atoms with Crippen LogP contribution in [0.15, 0.2) is 42.5 Å². The van der Waals surface area contributed by atoms with Gasteiger partial charge in [-0.3, -0.25) is 9.88 Å². The molecule has 1 aromatic carbocycles. The Morgan fingerprint density at radius 2 is 1.86 bits per heavy atom. The van der Waals surface area contributed by atoms with E-state index in [9.17, 15) is 10.0 Å². The fourth-order valence-electron chi connectivity index (χ4n) is 2.31. The summed E-state index contributed by atoms with van der Waals surface area (Å²) in [6.07, 6.45) is 0. The molecule has 0 aliphatic rings. The summed E-state index contributed by atoms with van der Waals surface area (Å²) in [4.78, 5) is 6.80. The van der Waals surface area contributed by atoms with Gasteiger partial charge in [-0.05, 0) is 36.6 Å². The Bertz CT molecular complexity index is 590. The molecule has 1 aromatic heterocycles. The van der Waals surface area contributed by atoms with E-state index in [0.29, 0.717) is 5.46 Å². The van der Waals surface area contributed by atoms with Crippen molar-refractivity contribution < 1.29 is 10.0 Å². The van der Waals surface area contributed by atoms with Crippen molar-refractivity contribution in [1.29, 1.82) is 0 Å². The average Bonchev–Trinajstić information content (AvgIpc) is 2.47. The monoisotopic (exact) mass is 284 g/mol. The van der Waals surface area contributed by atoms with Crippen molar-refractivity contribution in [2.75, 3.05) is 6.54 Å². The van der Waals surface area contributed by atoms with Gasteiger partial charge in [-0.2, -0.15) is 0 Å². The summed E-state index contributed by atoms with van der Waals surface area (Å²) in [7, 11) is -1.42. The van der Waals surface area contributed by atoms with E-state index in [2.05, 4.69) is 16.8 Å². The molecule has 0 spiro atoms. The normalized spacial score (nSPS) is 10.9. The van der Waals surface area contributed by atoms with Gasteiger partial charge in [-0.25, -0.2) is 0 Å². The van der Waals surface area contributed by atoms with Crippen molar-refractivity contribution in [3.8, 4) is 0 Å². The van der Waals surface area contributed by atoms with Gasteiger partial charge < -0.3 is 10.0 Å². The second-order valence-electron chi connectivity index (χ2n) is 5.19. The molecule has 1 heterocycles. The lowest BCUT2D eigenvalue weighted by atomic mass is 9.79. The predicted molar refractivity (Wildman–Crippen MR) is 85.0 cm³/mol. The van der Waals surface area contributed by atoms with Crippen LogP contribution in [0.1, 0.15) is 23.9 Å². The molecular formula is C16H21BN2O2. The number of pyridine rings is 1. The van der Waals surface area contributed by atoms with E-state index in [1.165, 1.54) is 0 Å². The van der Waals surface area contributed by atoms with Crippen molar-refractivity contribution in [1.82, 2.24) is 9.88 Å². The smallest absolute Gasteiger partial charge is 0.423 e. The van der Waals surface area contributed by atoms with Crippen LogP contribution in [-0.2, 0) is 13.1 Å². The first-order valence-corrected chi connectivity index (χ1v) is 7.18. The minimum absolute atomic E-state index is 0.525. The molecule has 0 aliphatic heterocycles. The molecule has 0 bridgehead atoms. The third kappa shape index (κ3) is 4.67. The van der Waals surface area contributed by atoms with Crippen molar-refractivity contribution in [2.24, 2.45) is 0 Å². The molecule has 2 N–H and O–H groups in total. The number of rotatable bonds is 6. The maximum atomic E-state index is 9.24. The molecule has 5 heteroatoms. The fourth-order valence-corrected chi connectivity index (χ4v) is 2.31. The highest BCUT2D eigenvalue weighted by atomic mass is 16.4. The van der Waals surface area contributed by atoms with Crippen molar-refractivity contribution >= 4 is 12.6 Å². The van der Waals surface area contributed by atoms with Crippen LogP contribution in [0.5, 0.6) is 0 Å². The molecule has 0 fully saturated rings. The lowest BCUT2D eigenvalue weighted by Crippen LogP contribution is -2.30. The second-order valence-corrected chi connectivity index (χ2v) is 5.19. The first-order valence-electron chi connectivity index (χ1n) is 7.18. The molecule has 0 saturated heterocycles. The van der Waals surface area contributed by atoms with Crippen LogP contribution >= 0.6 is 0 Å². The predicted octanol–water partition coefficient (Wildman–Crippen LogP) is 1.09. The Labute approximate surface area is 126 Å². The maximum absolute atomic E-state index is 9.24. The van der Waals surface area contributed by atoms with Gasteiger partial charge in [0.25, 0.3) is 0 Å². The molecule has 0 amide bonds. The average molecular weight is 284 g/mol. The Hall–Kier alpha value is -1.69. The van der Waals surface area contributed by atoms with Crippen LogP contribution in [0, 0.1) is 6.92 Å². The Morgan fingerprint density at radius 3 is 2.52 bits per heavy atom. The summed E-state index contributed by atoms with van der Waals surface area (Å²) >= 11 is 0. The van der Waals surface area contributed by atoms with Gasteiger partial charge in [0.1, 0.15) is 0 Å². The molecule has 0 saturated carbocycles. The van der Waals surface area contributed by atoms with Crippen LogP contribution in [0.4, 0.5) is 0 Å². The fraction of sp³-hybridized carbons (Fsp3) is 0.312. The number of aromatic nitrogens is 1. The van der Waals surface area contributed by atoms with E-state index in [1.807, 2.05) is 43.3 Å². The molecular weight excluding hydrogens is 263 g/mol. The molecule has 21 heavy (non-hydrogen) atoms. The number of benzene rings is 1. The minimum atomic E-state index is -1.42. The van der Waals surface area contributed by atoms with Gasteiger partial charge in [0.05, 0.1) is 5.69 Å². The SMILES string of the molecule is CCN(Cc1cccc(B(O)O)c1)Cc1cccc(C)n1. The van der Waals surface area contributed by atoms with Crippen molar-refractivity contribution in [3.05, 3.63) is 59.4 Å².